The fourth-order valence-corrected chi connectivity index (χ4v) is 13.2. The second kappa shape index (κ2) is 22.0. The Hall–Kier alpha value is -4.77. The first kappa shape index (κ1) is 45.3. The van der Waals surface area contributed by atoms with E-state index < -0.39 is 24.6 Å². The molecule has 0 aromatic heterocycles. The standard InChI is InChI=1S/C53H58O6S2Si/c1-5-6-7-20-34-62(3,4)59-44-27-21-26-42(35-44)51(54)50-47(39-58-52(50)57-38-41-24-14-9-15-25-41)53(60-45-28-16-10-17-29-45,61-46-30-18-11-19-31-46)43-32-33-48(49(36-43)55-2)56-37-40-22-12-8-13-23-40/h8-19,21-33,35-36,47,50,52H,5-7,20,34,37-39H2,1-4H3. The molecule has 3 atom stereocenters. The van der Waals surface area contributed by atoms with Crippen molar-refractivity contribution in [1.82, 2.24) is 0 Å². The van der Waals surface area contributed by atoms with Gasteiger partial charge in [-0.1, -0.05) is 148 Å². The van der Waals surface area contributed by atoms with Crippen molar-refractivity contribution in [2.24, 2.45) is 11.8 Å². The first-order valence-electron chi connectivity index (χ1n) is 21.7. The van der Waals surface area contributed by atoms with Crippen LogP contribution in [0.4, 0.5) is 0 Å². The summed E-state index contributed by atoms with van der Waals surface area (Å²) in [4.78, 5) is 17.7. The molecule has 0 N–H and O–H groups in total. The lowest BCUT2D eigenvalue weighted by molar-refractivity contribution is -0.131. The monoisotopic (exact) mass is 882 g/mol. The SMILES string of the molecule is CCCCCC[Si](C)(C)Oc1cccc(C(=O)C2C(OCc3ccccc3)OCC2C(Sc2ccccc2)(Sc2ccccc2)c2ccc(OCc3ccccc3)c(OC)c2)c1. The molecule has 3 unspecified atom stereocenters. The molecule has 0 spiro atoms. The molecule has 0 amide bonds. The van der Waals surface area contributed by atoms with Gasteiger partial charge in [0.2, 0.25) is 8.32 Å². The molecule has 1 saturated heterocycles. The minimum absolute atomic E-state index is 0.0418. The normalized spacial score (nSPS) is 16.5. The third-order valence-corrected chi connectivity index (χ3v) is 16.7. The highest BCUT2D eigenvalue weighted by molar-refractivity contribution is 8.17. The van der Waals surface area contributed by atoms with E-state index in [4.69, 9.17) is 23.4 Å². The summed E-state index contributed by atoms with van der Waals surface area (Å²) in [5.74, 6) is 0.854. The van der Waals surface area contributed by atoms with E-state index in [9.17, 15) is 0 Å². The molecule has 1 aliphatic heterocycles. The minimum atomic E-state index is -2.05. The van der Waals surface area contributed by atoms with Gasteiger partial charge in [-0.05, 0) is 84.4 Å². The first-order valence-corrected chi connectivity index (χ1v) is 26.5. The molecule has 322 valence electrons. The highest BCUT2D eigenvalue weighted by Crippen LogP contribution is 2.62. The van der Waals surface area contributed by atoms with Crippen molar-refractivity contribution < 1.29 is 28.2 Å². The van der Waals surface area contributed by atoms with E-state index in [1.807, 2.05) is 103 Å². The van der Waals surface area contributed by atoms with Gasteiger partial charge < -0.3 is 23.4 Å². The Balaban J connectivity index is 1.32. The number of Topliss-reactive ketones (excluding diaryl/α,β-unsaturated/α-hetero) is 1. The number of ether oxygens (including phenoxy) is 4. The Morgan fingerprint density at radius 2 is 1.31 bits per heavy atom. The number of hydrogen-bond acceptors (Lipinski definition) is 8. The highest BCUT2D eigenvalue weighted by atomic mass is 32.2. The predicted molar refractivity (Wildman–Crippen MR) is 256 cm³/mol. The van der Waals surface area contributed by atoms with Crippen LogP contribution < -0.4 is 13.9 Å². The Morgan fingerprint density at radius 3 is 1.92 bits per heavy atom. The minimum Gasteiger partial charge on any atom is -0.544 e. The number of carbonyl (C=O) groups is 1. The van der Waals surface area contributed by atoms with Crippen LogP contribution in [-0.2, 0) is 26.8 Å². The molecule has 6 aromatic rings. The summed E-state index contributed by atoms with van der Waals surface area (Å²) in [6.07, 6.45) is 3.98. The molecule has 6 aromatic carbocycles. The first-order chi connectivity index (χ1) is 30.3. The van der Waals surface area contributed by atoms with E-state index in [-0.39, 0.29) is 18.3 Å². The summed E-state index contributed by atoms with van der Waals surface area (Å²) in [5, 5.41) is 0. The summed E-state index contributed by atoms with van der Waals surface area (Å²) in [5.41, 5.74) is 3.61. The second-order valence-corrected chi connectivity index (χ2v) is 23.5. The average molecular weight is 883 g/mol. The van der Waals surface area contributed by atoms with Gasteiger partial charge in [0.1, 0.15) is 16.4 Å². The van der Waals surface area contributed by atoms with Crippen LogP contribution in [0.1, 0.15) is 59.7 Å². The van der Waals surface area contributed by atoms with Crippen LogP contribution in [0.15, 0.2) is 174 Å². The molecule has 62 heavy (non-hydrogen) atoms. The van der Waals surface area contributed by atoms with E-state index in [0.29, 0.717) is 30.3 Å². The van der Waals surface area contributed by atoms with Gasteiger partial charge >= 0.3 is 0 Å². The van der Waals surface area contributed by atoms with Crippen LogP contribution in [0, 0.1) is 11.8 Å². The Bertz CT molecular complexity index is 2250. The zero-order chi connectivity index (χ0) is 43.2. The molecule has 1 aliphatic rings. The molecular formula is C53H58O6S2Si. The number of benzene rings is 6. The largest absolute Gasteiger partial charge is 0.544 e. The second-order valence-electron chi connectivity index (χ2n) is 16.3. The molecule has 6 nitrogen and oxygen atoms in total. The maximum atomic E-state index is 15.6. The van der Waals surface area contributed by atoms with Crippen molar-refractivity contribution in [3.05, 3.63) is 186 Å². The third kappa shape index (κ3) is 11.8. The van der Waals surface area contributed by atoms with E-state index in [2.05, 4.69) is 80.7 Å². The lowest BCUT2D eigenvalue weighted by atomic mass is 9.82. The maximum Gasteiger partial charge on any atom is 0.245 e. The zero-order valence-electron chi connectivity index (χ0n) is 36.2. The number of thioether (sulfide) groups is 2. The number of unbranched alkanes of at least 4 members (excludes halogenated alkanes) is 3. The quantitative estimate of drug-likeness (QED) is 0.0220. The Labute approximate surface area is 377 Å². The van der Waals surface area contributed by atoms with Gasteiger partial charge in [0.15, 0.2) is 23.6 Å². The van der Waals surface area contributed by atoms with Crippen LogP contribution in [0.3, 0.4) is 0 Å². The zero-order valence-corrected chi connectivity index (χ0v) is 38.9. The summed E-state index contributed by atoms with van der Waals surface area (Å²) >= 11 is 3.46. The fourth-order valence-electron chi connectivity index (χ4n) is 7.98. The lowest BCUT2D eigenvalue weighted by Crippen LogP contribution is -2.40. The van der Waals surface area contributed by atoms with E-state index >= 15 is 4.79 Å². The van der Waals surface area contributed by atoms with Gasteiger partial charge in [0.25, 0.3) is 0 Å². The number of rotatable bonds is 22. The van der Waals surface area contributed by atoms with Gasteiger partial charge in [-0.2, -0.15) is 0 Å². The topological polar surface area (TPSA) is 63.2 Å². The van der Waals surface area contributed by atoms with Gasteiger partial charge in [-0.3, -0.25) is 4.79 Å². The molecule has 0 saturated carbocycles. The summed E-state index contributed by atoms with van der Waals surface area (Å²) in [6, 6.07) is 56.0. The summed E-state index contributed by atoms with van der Waals surface area (Å²) in [7, 11) is -0.375. The van der Waals surface area contributed by atoms with Crippen molar-refractivity contribution in [3.8, 4) is 17.2 Å². The molecule has 0 aliphatic carbocycles. The molecule has 1 heterocycles. The smallest absolute Gasteiger partial charge is 0.245 e. The third-order valence-electron chi connectivity index (χ3n) is 11.2. The van der Waals surface area contributed by atoms with E-state index in [1.165, 1.54) is 19.3 Å². The van der Waals surface area contributed by atoms with Gasteiger partial charge in [-0.25, -0.2) is 0 Å². The van der Waals surface area contributed by atoms with Crippen LogP contribution >= 0.6 is 23.5 Å². The summed E-state index contributed by atoms with van der Waals surface area (Å²) < 4.78 is 31.8. The van der Waals surface area contributed by atoms with Crippen LogP contribution in [0.5, 0.6) is 17.2 Å². The van der Waals surface area contributed by atoms with Crippen molar-refractivity contribution in [3.63, 3.8) is 0 Å². The molecule has 1 fully saturated rings. The van der Waals surface area contributed by atoms with Crippen molar-refractivity contribution in [2.75, 3.05) is 13.7 Å². The Kier molecular flexibility index (Phi) is 16.1. The van der Waals surface area contributed by atoms with Crippen molar-refractivity contribution in [1.29, 1.82) is 0 Å². The van der Waals surface area contributed by atoms with Gasteiger partial charge in [0, 0.05) is 21.3 Å². The Morgan fingerprint density at radius 1 is 0.694 bits per heavy atom. The fraction of sp³-hybridized carbons (Fsp3) is 0.302. The molecule has 0 bridgehead atoms. The predicted octanol–water partition coefficient (Wildman–Crippen LogP) is 13.9. The lowest BCUT2D eigenvalue weighted by Gasteiger charge is -2.41. The number of ketones is 1. The molecule has 9 heteroatoms. The van der Waals surface area contributed by atoms with Gasteiger partial charge in [-0.15, -0.1) is 23.5 Å². The van der Waals surface area contributed by atoms with Crippen molar-refractivity contribution in [2.45, 2.75) is 85.1 Å². The molecule has 0 radical (unpaired) electrons. The molecular weight excluding hydrogens is 825 g/mol. The number of carbonyl (C=O) groups excluding carboxylic acids is 1. The van der Waals surface area contributed by atoms with Crippen molar-refractivity contribution >= 4 is 37.6 Å². The molecule has 7 rings (SSSR count). The van der Waals surface area contributed by atoms with Crippen LogP contribution in [-0.4, -0.2) is 34.1 Å². The summed E-state index contributed by atoms with van der Waals surface area (Å²) in [6.45, 7) is 7.74. The number of methoxy groups -OCH3 is 1. The van der Waals surface area contributed by atoms with Crippen LogP contribution in [0.2, 0.25) is 19.1 Å². The van der Waals surface area contributed by atoms with E-state index in [1.54, 1.807) is 30.6 Å². The average Bonchev–Trinajstić information content (AvgIpc) is 3.74. The maximum absolute atomic E-state index is 15.6. The van der Waals surface area contributed by atoms with E-state index in [0.717, 1.165) is 44.7 Å². The van der Waals surface area contributed by atoms with Gasteiger partial charge in [0.05, 0.1) is 26.2 Å². The number of hydrogen-bond donors (Lipinski definition) is 0. The highest BCUT2D eigenvalue weighted by Gasteiger charge is 2.56. The van der Waals surface area contributed by atoms with Crippen LogP contribution in [0.25, 0.3) is 0 Å².